The SMILES string of the molecule is CC(CNc1nn(C)cc1N)CN1CCCC1. The van der Waals surface area contributed by atoms with Crippen LogP contribution in [0.5, 0.6) is 0 Å². The molecule has 1 saturated heterocycles. The zero-order chi connectivity index (χ0) is 12.3. The van der Waals surface area contributed by atoms with Crippen LogP contribution in [-0.2, 0) is 7.05 Å². The average Bonchev–Trinajstić information content (AvgIpc) is 2.86. The van der Waals surface area contributed by atoms with E-state index >= 15 is 0 Å². The summed E-state index contributed by atoms with van der Waals surface area (Å²) in [6, 6.07) is 0. The van der Waals surface area contributed by atoms with Crippen molar-refractivity contribution in [2.24, 2.45) is 13.0 Å². The van der Waals surface area contributed by atoms with Gasteiger partial charge in [0, 0.05) is 26.3 Å². The number of anilines is 2. The molecule has 0 aromatic carbocycles. The van der Waals surface area contributed by atoms with Crippen molar-refractivity contribution in [3.63, 3.8) is 0 Å². The van der Waals surface area contributed by atoms with Crippen LogP contribution in [0.1, 0.15) is 19.8 Å². The van der Waals surface area contributed by atoms with Crippen LogP contribution >= 0.6 is 0 Å². The van der Waals surface area contributed by atoms with Crippen LogP contribution in [0, 0.1) is 5.92 Å². The van der Waals surface area contributed by atoms with Gasteiger partial charge in [-0.1, -0.05) is 6.92 Å². The molecule has 0 spiro atoms. The van der Waals surface area contributed by atoms with Crippen molar-refractivity contribution >= 4 is 11.5 Å². The first kappa shape index (κ1) is 12.2. The number of nitrogens with two attached hydrogens (primary N) is 1. The van der Waals surface area contributed by atoms with Crippen LogP contribution in [0.2, 0.25) is 0 Å². The monoisotopic (exact) mass is 237 g/mol. The molecule has 17 heavy (non-hydrogen) atoms. The number of nitrogens with zero attached hydrogens (tertiary/aromatic N) is 3. The molecule has 5 nitrogen and oxygen atoms in total. The van der Waals surface area contributed by atoms with Crippen molar-refractivity contribution < 1.29 is 0 Å². The standard InChI is InChI=1S/C12H23N5/c1-10(8-17-5-3-4-6-17)7-14-12-11(13)9-16(2)15-12/h9-10H,3-8,13H2,1-2H3,(H,14,15). The highest BCUT2D eigenvalue weighted by atomic mass is 15.3. The molecule has 1 atom stereocenters. The van der Waals surface area contributed by atoms with E-state index in [9.17, 15) is 0 Å². The van der Waals surface area contributed by atoms with Gasteiger partial charge in [-0.25, -0.2) is 0 Å². The van der Waals surface area contributed by atoms with Gasteiger partial charge in [0.2, 0.25) is 0 Å². The number of aryl methyl sites for hydroxylation is 1. The van der Waals surface area contributed by atoms with Crippen LogP contribution < -0.4 is 11.1 Å². The third kappa shape index (κ3) is 3.36. The van der Waals surface area contributed by atoms with E-state index in [2.05, 4.69) is 22.2 Å². The smallest absolute Gasteiger partial charge is 0.171 e. The third-order valence-corrected chi connectivity index (χ3v) is 3.24. The fourth-order valence-electron chi connectivity index (χ4n) is 2.39. The number of nitrogens with one attached hydrogen (secondary N) is 1. The zero-order valence-corrected chi connectivity index (χ0v) is 10.8. The van der Waals surface area contributed by atoms with Crippen molar-refractivity contribution in [2.75, 3.05) is 37.2 Å². The number of rotatable bonds is 5. The Morgan fingerprint density at radius 3 is 2.76 bits per heavy atom. The molecule has 3 N–H and O–H groups in total. The maximum Gasteiger partial charge on any atom is 0.171 e. The van der Waals surface area contributed by atoms with Gasteiger partial charge in [0.05, 0.1) is 5.69 Å². The maximum atomic E-state index is 5.83. The number of aromatic nitrogens is 2. The van der Waals surface area contributed by atoms with E-state index in [4.69, 9.17) is 5.73 Å². The summed E-state index contributed by atoms with van der Waals surface area (Å²) in [6.07, 6.45) is 4.54. The molecule has 1 unspecified atom stereocenters. The quantitative estimate of drug-likeness (QED) is 0.806. The van der Waals surface area contributed by atoms with Crippen LogP contribution in [0.25, 0.3) is 0 Å². The van der Waals surface area contributed by atoms with Crippen molar-refractivity contribution in [2.45, 2.75) is 19.8 Å². The van der Waals surface area contributed by atoms with E-state index in [1.165, 1.54) is 32.5 Å². The number of hydrogen-bond acceptors (Lipinski definition) is 4. The second-order valence-electron chi connectivity index (χ2n) is 5.10. The van der Waals surface area contributed by atoms with Gasteiger partial charge in [-0.2, -0.15) is 5.10 Å². The lowest BCUT2D eigenvalue weighted by Crippen LogP contribution is -2.29. The molecule has 0 bridgehead atoms. The van der Waals surface area contributed by atoms with Gasteiger partial charge in [-0.05, 0) is 31.8 Å². The molecule has 2 heterocycles. The first-order valence-corrected chi connectivity index (χ1v) is 6.40. The number of nitrogen functional groups attached to an aromatic ring is 1. The molecular weight excluding hydrogens is 214 g/mol. The Balaban J connectivity index is 1.75. The van der Waals surface area contributed by atoms with E-state index in [0.29, 0.717) is 5.92 Å². The molecule has 1 aromatic heterocycles. The second-order valence-corrected chi connectivity index (χ2v) is 5.10. The third-order valence-electron chi connectivity index (χ3n) is 3.24. The minimum Gasteiger partial charge on any atom is -0.394 e. The summed E-state index contributed by atoms with van der Waals surface area (Å²) in [5, 5.41) is 7.60. The molecule has 1 fully saturated rings. The average molecular weight is 237 g/mol. The maximum absolute atomic E-state index is 5.83. The molecule has 0 saturated carbocycles. The van der Waals surface area contributed by atoms with E-state index in [0.717, 1.165) is 18.1 Å². The van der Waals surface area contributed by atoms with Gasteiger partial charge >= 0.3 is 0 Å². The summed E-state index contributed by atoms with van der Waals surface area (Å²) in [4.78, 5) is 2.54. The lowest BCUT2D eigenvalue weighted by molar-refractivity contribution is 0.294. The summed E-state index contributed by atoms with van der Waals surface area (Å²) in [5.74, 6) is 1.43. The van der Waals surface area contributed by atoms with E-state index in [-0.39, 0.29) is 0 Å². The fraction of sp³-hybridized carbons (Fsp3) is 0.750. The minimum absolute atomic E-state index is 0.620. The second kappa shape index (κ2) is 5.40. The Bertz CT molecular complexity index is 354. The Morgan fingerprint density at radius 1 is 1.47 bits per heavy atom. The highest BCUT2D eigenvalue weighted by Gasteiger charge is 2.15. The Morgan fingerprint density at radius 2 is 2.18 bits per heavy atom. The van der Waals surface area contributed by atoms with Crippen LogP contribution in [-0.4, -0.2) is 40.9 Å². The Hall–Kier alpha value is -1.23. The van der Waals surface area contributed by atoms with Crippen molar-refractivity contribution in [3.8, 4) is 0 Å². The predicted octanol–water partition coefficient (Wildman–Crippen LogP) is 1.15. The number of hydrogen-bond donors (Lipinski definition) is 2. The molecule has 2 rings (SSSR count). The lowest BCUT2D eigenvalue weighted by atomic mass is 10.1. The molecule has 0 amide bonds. The normalized spacial score (nSPS) is 18.5. The molecule has 1 aliphatic heterocycles. The van der Waals surface area contributed by atoms with Gasteiger partial charge in [0.1, 0.15) is 0 Å². The van der Waals surface area contributed by atoms with E-state index < -0.39 is 0 Å². The Kier molecular flexibility index (Phi) is 3.89. The topological polar surface area (TPSA) is 59.1 Å². The lowest BCUT2D eigenvalue weighted by Gasteiger charge is -2.20. The molecule has 0 radical (unpaired) electrons. The molecule has 96 valence electrons. The number of likely N-dealkylation sites (tertiary alicyclic amines) is 1. The van der Waals surface area contributed by atoms with Gasteiger partial charge in [0.15, 0.2) is 5.82 Å². The first-order valence-electron chi connectivity index (χ1n) is 6.40. The summed E-state index contributed by atoms with van der Waals surface area (Å²) in [7, 11) is 1.88. The van der Waals surface area contributed by atoms with Gasteiger partial charge in [-0.3, -0.25) is 4.68 Å². The first-order chi connectivity index (χ1) is 8.15. The molecule has 0 aliphatic carbocycles. The fourth-order valence-corrected chi connectivity index (χ4v) is 2.39. The minimum atomic E-state index is 0.620. The van der Waals surface area contributed by atoms with Gasteiger partial charge < -0.3 is 16.0 Å². The molecular formula is C12H23N5. The van der Waals surface area contributed by atoms with E-state index in [1.807, 2.05) is 13.2 Å². The van der Waals surface area contributed by atoms with Crippen LogP contribution in [0.15, 0.2) is 6.20 Å². The van der Waals surface area contributed by atoms with Gasteiger partial charge in [0.25, 0.3) is 0 Å². The highest BCUT2D eigenvalue weighted by molar-refractivity contribution is 5.59. The molecule has 1 aromatic rings. The largest absolute Gasteiger partial charge is 0.394 e. The zero-order valence-electron chi connectivity index (χ0n) is 10.8. The summed E-state index contributed by atoms with van der Waals surface area (Å²) >= 11 is 0. The Labute approximate surface area is 103 Å². The molecule has 1 aliphatic rings. The van der Waals surface area contributed by atoms with Crippen molar-refractivity contribution in [3.05, 3.63) is 6.20 Å². The summed E-state index contributed by atoms with van der Waals surface area (Å²) < 4.78 is 1.74. The predicted molar refractivity (Wildman–Crippen MR) is 70.9 cm³/mol. The van der Waals surface area contributed by atoms with Gasteiger partial charge in [-0.15, -0.1) is 0 Å². The van der Waals surface area contributed by atoms with Crippen LogP contribution in [0.4, 0.5) is 11.5 Å². The highest BCUT2D eigenvalue weighted by Crippen LogP contribution is 2.15. The van der Waals surface area contributed by atoms with Crippen molar-refractivity contribution in [1.82, 2.24) is 14.7 Å². The van der Waals surface area contributed by atoms with E-state index in [1.54, 1.807) is 4.68 Å². The van der Waals surface area contributed by atoms with Crippen molar-refractivity contribution in [1.29, 1.82) is 0 Å². The summed E-state index contributed by atoms with van der Waals surface area (Å²) in [6.45, 7) is 6.88. The van der Waals surface area contributed by atoms with Crippen LogP contribution in [0.3, 0.4) is 0 Å². The summed E-state index contributed by atoms with van der Waals surface area (Å²) in [5.41, 5.74) is 6.56. The molecule has 5 heteroatoms.